The summed E-state index contributed by atoms with van der Waals surface area (Å²) >= 11 is 0. The Kier molecular flexibility index (Phi) is 5.72. The number of ether oxygens (including phenoxy) is 1. The molecule has 6 heteroatoms. The first kappa shape index (κ1) is 21.6. The first-order valence-electron chi connectivity index (χ1n) is 11.3. The first-order valence-corrected chi connectivity index (χ1v) is 11.3. The van der Waals surface area contributed by atoms with Crippen LogP contribution in [0.3, 0.4) is 0 Å². The lowest BCUT2D eigenvalue weighted by molar-refractivity contribution is 0.101. The summed E-state index contributed by atoms with van der Waals surface area (Å²) in [7, 11) is 0. The molecule has 0 radical (unpaired) electrons. The number of hydrogen-bond donors (Lipinski definition) is 0. The number of ketones is 1. The average Bonchev–Trinajstić information content (AvgIpc) is 3.41. The average molecular weight is 451 g/mol. The summed E-state index contributed by atoms with van der Waals surface area (Å²) in [6.07, 6.45) is 1.87. The van der Waals surface area contributed by atoms with Crippen LogP contribution in [0.5, 0.6) is 5.75 Å². The van der Waals surface area contributed by atoms with Gasteiger partial charge in [0.1, 0.15) is 18.1 Å². The maximum Gasteiger partial charge on any atom is 0.162 e. The van der Waals surface area contributed by atoms with E-state index >= 15 is 0 Å². The zero-order valence-electron chi connectivity index (χ0n) is 19.5. The predicted molar refractivity (Wildman–Crippen MR) is 133 cm³/mol. The van der Waals surface area contributed by atoms with Crippen LogP contribution < -0.4 is 4.74 Å². The highest BCUT2D eigenvalue weighted by Crippen LogP contribution is 2.31. The molecule has 0 saturated heterocycles. The molecule has 0 unspecified atom stereocenters. The van der Waals surface area contributed by atoms with Gasteiger partial charge in [0, 0.05) is 28.7 Å². The second-order valence-electron chi connectivity index (χ2n) is 8.55. The highest BCUT2D eigenvalue weighted by Gasteiger charge is 2.18. The summed E-state index contributed by atoms with van der Waals surface area (Å²) in [5, 5.41) is 9.35. The quantitative estimate of drug-likeness (QED) is 0.300. The van der Waals surface area contributed by atoms with Crippen molar-refractivity contribution in [2.24, 2.45) is 0 Å². The van der Waals surface area contributed by atoms with Crippen LogP contribution in [0.4, 0.5) is 0 Å². The second kappa shape index (κ2) is 8.98. The van der Waals surface area contributed by atoms with Crippen molar-refractivity contribution in [2.45, 2.75) is 33.9 Å². The van der Waals surface area contributed by atoms with Crippen molar-refractivity contribution in [1.82, 2.24) is 19.6 Å². The molecule has 170 valence electrons. The van der Waals surface area contributed by atoms with Crippen LogP contribution >= 0.6 is 0 Å². The summed E-state index contributed by atoms with van der Waals surface area (Å²) in [6, 6.07) is 24.3. The van der Waals surface area contributed by atoms with Crippen LogP contribution in [0.15, 0.2) is 79.0 Å². The summed E-state index contributed by atoms with van der Waals surface area (Å²) in [5.74, 6) is 0.740. The highest BCUT2D eigenvalue weighted by molar-refractivity contribution is 6.08. The van der Waals surface area contributed by atoms with Gasteiger partial charge in [0.25, 0.3) is 0 Å². The third kappa shape index (κ3) is 4.22. The number of benzene rings is 3. The largest absolute Gasteiger partial charge is 0.487 e. The monoisotopic (exact) mass is 450 g/mol. The van der Waals surface area contributed by atoms with E-state index in [4.69, 9.17) is 4.74 Å². The topological polar surface area (TPSA) is 61.9 Å². The molecular weight excluding hydrogens is 424 g/mol. The Morgan fingerprint density at radius 3 is 2.47 bits per heavy atom. The van der Waals surface area contributed by atoms with Gasteiger partial charge in [-0.1, -0.05) is 53.2 Å². The number of Topliss-reactive ketones (excluding diaryl/α,β-unsaturated/α-hetero) is 1. The van der Waals surface area contributed by atoms with Crippen LogP contribution in [0, 0.1) is 13.8 Å². The molecule has 0 aliphatic carbocycles. The van der Waals surface area contributed by atoms with Crippen molar-refractivity contribution in [3.63, 3.8) is 0 Å². The maximum atomic E-state index is 12.5. The minimum absolute atomic E-state index is 0.0486. The molecule has 0 fully saturated rings. The Balaban J connectivity index is 1.40. The van der Waals surface area contributed by atoms with Crippen LogP contribution in [0.1, 0.15) is 39.8 Å². The van der Waals surface area contributed by atoms with Gasteiger partial charge < -0.3 is 9.30 Å². The van der Waals surface area contributed by atoms with Crippen LogP contribution in [-0.4, -0.2) is 25.3 Å². The molecule has 0 saturated carbocycles. The van der Waals surface area contributed by atoms with Gasteiger partial charge in [-0.3, -0.25) is 4.79 Å². The first-order chi connectivity index (χ1) is 16.5. The van der Waals surface area contributed by atoms with Crippen LogP contribution in [0.2, 0.25) is 0 Å². The Hall–Kier alpha value is -4.19. The summed E-state index contributed by atoms with van der Waals surface area (Å²) in [6.45, 7) is 6.67. The fourth-order valence-electron chi connectivity index (χ4n) is 4.31. The molecule has 0 bridgehead atoms. The molecule has 3 aromatic carbocycles. The molecule has 0 atom stereocenters. The van der Waals surface area contributed by atoms with Gasteiger partial charge in [-0.15, -0.1) is 5.10 Å². The molecule has 6 nitrogen and oxygen atoms in total. The smallest absolute Gasteiger partial charge is 0.162 e. The summed E-state index contributed by atoms with van der Waals surface area (Å²) in [5.41, 5.74) is 6.78. The molecule has 0 N–H and O–H groups in total. The lowest BCUT2D eigenvalue weighted by Crippen LogP contribution is -2.03. The van der Waals surface area contributed by atoms with Crippen molar-refractivity contribution < 1.29 is 9.53 Å². The highest BCUT2D eigenvalue weighted by atomic mass is 16.5. The SMILES string of the molecule is CC(=O)c1c(C)n(Cc2ccccc2)c2ccc(OCc3cn(-c4ccc(C)cc4)nn3)cc12. The minimum atomic E-state index is 0.0486. The molecule has 2 heterocycles. The number of carbonyl (C=O) groups is 1. The maximum absolute atomic E-state index is 12.5. The summed E-state index contributed by atoms with van der Waals surface area (Å²) < 4.78 is 9.97. The van der Waals surface area contributed by atoms with E-state index in [1.54, 1.807) is 11.6 Å². The Labute approximate surface area is 198 Å². The molecule has 5 rings (SSSR count). The van der Waals surface area contributed by atoms with E-state index in [1.165, 1.54) is 11.1 Å². The molecule has 5 aromatic rings. The Morgan fingerprint density at radius 1 is 0.971 bits per heavy atom. The fraction of sp³-hybridized carbons (Fsp3) is 0.179. The van der Waals surface area contributed by atoms with Gasteiger partial charge in [0.05, 0.1) is 11.9 Å². The van der Waals surface area contributed by atoms with Gasteiger partial charge >= 0.3 is 0 Å². The lowest BCUT2D eigenvalue weighted by atomic mass is 10.1. The Bertz CT molecular complexity index is 1460. The molecule has 0 amide bonds. The molecule has 0 aliphatic heterocycles. The lowest BCUT2D eigenvalue weighted by Gasteiger charge is -2.09. The fourth-order valence-corrected chi connectivity index (χ4v) is 4.31. The third-order valence-corrected chi connectivity index (χ3v) is 6.06. The number of carbonyl (C=O) groups excluding carboxylic acids is 1. The van der Waals surface area contributed by atoms with Crippen LogP contribution in [-0.2, 0) is 13.2 Å². The van der Waals surface area contributed by atoms with Gasteiger partial charge in [-0.05, 0) is 56.7 Å². The number of nitrogens with zero attached hydrogens (tertiary/aromatic N) is 4. The summed E-state index contributed by atoms with van der Waals surface area (Å²) in [4.78, 5) is 12.5. The van der Waals surface area contributed by atoms with E-state index in [-0.39, 0.29) is 12.4 Å². The van der Waals surface area contributed by atoms with E-state index in [2.05, 4.69) is 33.9 Å². The third-order valence-electron chi connectivity index (χ3n) is 6.06. The zero-order chi connectivity index (χ0) is 23.7. The zero-order valence-corrected chi connectivity index (χ0v) is 19.5. The number of rotatable bonds is 7. The molecule has 0 spiro atoms. The number of aryl methyl sites for hydroxylation is 1. The number of hydrogen-bond acceptors (Lipinski definition) is 4. The molecule has 2 aromatic heterocycles. The Morgan fingerprint density at radius 2 is 1.74 bits per heavy atom. The van der Waals surface area contributed by atoms with Gasteiger partial charge in [-0.25, -0.2) is 4.68 Å². The van der Waals surface area contributed by atoms with Crippen molar-refractivity contribution >= 4 is 16.7 Å². The molecular formula is C28H26N4O2. The van der Waals surface area contributed by atoms with Gasteiger partial charge in [0.2, 0.25) is 0 Å². The molecule has 0 aliphatic rings. The van der Waals surface area contributed by atoms with Crippen molar-refractivity contribution in [1.29, 1.82) is 0 Å². The number of fused-ring (bicyclic) bond motifs is 1. The standard InChI is InChI=1S/C28H26N4O2/c1-19-9-11-24(12-10-19)32-17-23(29-30-32)18-34-25-13-14-27-26(15-25)28(21(3)33)20(2)31(27)16-22-7-5-4-6-8-22/h4-15,17H,16,18H2,1-3H3. The van der Waals surface area contributed by atoms with E-state index in [9.17, 15) is 4.79 Å². The van der Waals surface area contributed by atoms with E-state index in [0.29, 0.717) is 12.3 Å². The normalized spacial score (nSPS) is 11.1. The molecule has 34 heavy (non-hydrogen) atoms. The predicted octanol–water partition coefficient (Wildman–Crippen LogP) is 5.67. The van der Waals surface area contributed by atoms with E-state index in [0.717, 1.165) is 33.5 Å². The van der Waals surface area contributed by atoms with Gasteiger partial charge in [0.15, 0.2) is 5.78 Å². The van der Waals surface area contributed by atoms with Crippen LogP contribution in [0.25, 0.3) is 16.6 Å². The van der Waals surface area contributed by atoms with E-state index in [1.807, 2.05) is 73.8 Å². The second-order valence-corrected chi connectivity index (χ2v) is 8.55. The number of aromatic nitrogens is 4. The van der Waals surface area contributed by atoms with Gasteiger partial charge in [-0.2, -0.15) is 0 Å². The van der Waals surface area contributed by atoms with Crippen molar-refractivity contribution in [3.05, 3.63) is 107 Å². The van der Waals surface area contributed by atoms with Crippen molar-refractivity contribution in [3.8, 4) is 11.4 Å². The van der Waals surface area contributed by atoms with E-state index < -0.39 is 0 Å². The van der Waals surface area contributed by atoms with Crippen molar-refractivity contribution in [2.75, 3.05) is 0 Å². The minimum Gasteiger partial charge on any atom is -0.487 e.